The molecule has 1 nitrogen and oxygen atoms in total. The van der Waals surface area contributed by atoms with Gasteiger partial charge in [0.25, 0.3) is 0 Å². The van der Waals surface area contributed by atoms with E-state index in [2.05, 4.69) is 38.2 Å². The molecule has 2 heteroatoms. The molecule has 1 N–H and O–H groups in total. The lowest BCUT2D eigenvalue weighted by Gasteiger charge is -2.37. The van der Waals surface area contributed by atoms with E-state index in [1.54, 1.807) is 0 Å². The summed E-state index contributed by atoms with van der Waals surface area (Å²) in [6.07, 6.45) is 5.25. The molecule has 0 radical (unpaired) electrons. The van der Waals surface area contributed by atoms with Crippen LogP contribution in [0.25, 0.3) is 0 Å². The minimum atomic E-state index is 0.464. The summed E-state index contributed by atoms with van der Waals surface area (Å²) in [5.74, 6) is 0.876. The highest BCUT2D eigenvalue weighted by Crippen LogP contribution is 2.38. The summed E-state index contributed by atoms with van der Waals surface area (Å²) in [6, 6.07) is 8.66. The van der Waals surface area contributed by atoms with E-state index < -0.39 is 0 Å². The van der Waals surface area contributed by atoms with Gasteiger partial charge in [-0.05, 0) is 61.3 Å². The van der Waals surface area contributed by atoms with Crippen LogP contribution in [0.3, 0.4) is 0 Å². The van der Waals surface area contributed by atoms with Crippen LogP contribution in [0.2, 0.25) is 5.02 Å². The van der Waals surface area contributed by atoms with Crippen LogP contribution in [-0.2, 0) is 0 Å². The van der Waals surface area contributed by atoms with Crippen molar-refractivity contribution in [3.8, 4) is 0 Å². The van der Waals surface area contributed by atoms with Crippen molar-refractivity contribution in [1.82, 2.24) is 0 Å². The summed E-state index contributed by atoms with van der Waals surface area (Å²) in [4.78, 5) is 0. The van der Waals surface area contributed by atoms with E-state index in [1.807, 2.05) is 12.1 Å². The minimum Gasteiger partial charge on any atom is -0.382 e. The van der Waals surface area contributed by atoms with E-state index in [9.17, 15) is 0 Å². The predicted molar refractivity (Wildman–Crippen MR) is 80.3 cm³/mol. The van der Waals surface area contributed by atoms with Gasteiger partial charge in [-0.2, -0.15) is 0 Å². The highest BCUT2D eigenvalue weighted by Gasteiger charge is 2.29. The second kappa shape index (κ2) is 5.52. The Morgan fingerprint density at radius 3 is 2.06 bits per heavy atom. The third kappa shape index (κ3) is 3.65. The molecule has 0 spiro atoms. The molecule has 1 aromatic carbocycles. The van der Waals surface area contributed by atoms with Gasteiger partial charge in [-0.15, -0.1) is 0 Å². The zero-order valence-electron chi connectivity index (χ0n) is 11.7. The fourth-order valence-corrected chi connectivity index (χ4v) is 3.01. The minimum absolute atomic E-state index is 0.464. The number of benzene rings is 1. The highest BCUT2D eigenvalue weighted by molar-refractivity contribution is 6.30. The molecule has 1 aromatic rings. The zero-order valence-corrected chi connectivity index (χ0v) is 12.4. The third-order valence-electron chi connectivity index (χ3n) is 4.17. The molecule has 0 heterocycles. The van der Waals surface area contributed by atoms with Gasteiger partial charge in [0.2, 0.25) is 0 Å². The van der Waals surface area contributed by atoms with Crippen molar-refractivity contribution >= 4 is 17.3 Å². The summed E-state index contributed by atoms with van der Waals surface area (Å²) >= 11 is 5.90. The van der Waals surface area contributed by atoms with Crippen LogP contribution in [0.1, 0.15) is 46.5 Å². The standard InChI is InChI=1S/C16H24ClN/c1-16(2,3)12-4-8-14(9-5-12)18-15-10-6-13(17)7-11-15/h6-7,10-12,14,18H,4-5,8-9H2,1-3H3. The Balaban J connectivity index is 1.85. The number of rotatable bonds is 2. The number of halogens is 1. The summed E-state index contributed by atoms with van der Waals surface area (Å²) in [6.45, 7) is 7.10. The van der Waals surface area contributed by atoms with Crippen molar-refractivity contribution in [2.75, 3.05) is 5.32 Å². The first kappa shape index (κ1) is 13.7. The highest BCUT2D eigenvalue weighted by atomic mass is 35.5. The quantitative estimate of drug-likeness (QED) is 0.759. The summed E-state index contributed by atoms with van der Waals surface area (Å²) in [5.41, 5.74) is 1.66. The molecule has 1 aliphatic rings. The lowest BCUT2D eigenvalue weighted by molar-refractivity contribution is 0.173. The van der Waals surface area contributed by atoms with Gasteiger partial charge >= 0.3 is 0 Å². The molecule has 100 valence electrons. The molecule has 1 fully saturated rings. The average molecular weight is 266 g/mol. The molecule has 0 bridgehead atoms. The van der Waals surface area contributed by atoms with E-state index in [0.29, 0.717) is 11.5 Å². The monoisotopic (exact) mass is 265 g/mol. The van der Waals surface area contributed by atoms with Crippen molar-refractivity contribution < 1.29 is 0 Å². The predicted octanol–water partition coefficient (Wildman–Crippen LogP) is 5.36. The van der Waals surface area contributed by atoms with Crippen LogP contribution in [0.15, 0.2) is 24.3 Å². The first-order valence-electron chi connectivity index (χ1n) is 6.97. The van der Waals surface area contributed by atoms with Crippen LogP contribution in [0.5, 0.6) is 0 Å². The Morgan fingerprint density at radius 1 is 1.00 bits per heavy atom. The van der Waals surface area contributed by atoms with Crippen LogP contribution in [-0.4, -0.2) is 6.04 Å². The van der Waals surface area contributed by atoms with Gasteiger partial charge in [-0.1, -0.05) is 32.4 Å². The summed E-state index contributed by atoms with van der Waals surface area (Å²) in [7, 11) is 0. The van der Waals surface area contributed by atoms with Crippen molar-refractivity contribution in [2.45, 2.75) is 52.5 Å². The Morgan fingerprint density at radius 2 is 1.56 bits per heavy atom. The molecule has 0 saturated heterocycles. The SMILES string of the molecule is CC(C)(C)C1CCC(Nc2ccc(Cl)cc2)CC1. The fraction of sp³-hybridized carbons (Fsp3) is 0.625. The zero-order chi connectivity index (χ0) is 13.2. The maximum Gasteiger partial charge on any atom is 0.0407 e. The maximum absolute atomic E-state index is 5.90. The lowest BCUT2D eigenvalue weighted by Crippen LogP contribution is -2.31. The molecule has 0 amide bonds. The molecule has 1 saturated carbocycles. The van der Waals surface area contributed by atoms with Gasteiger partial charge in [0, 0.05) is 16.8 Å². The fourth-order valence-electron chi connectivity index (χ4n) is 2.89. The summed E-state index contributed by atoms with van der Waals surface area (Å²) in [5, 5.41) is 4.42. The first-order chi connectivity index (χ1) is 8.45. The van der Waals surface area contributed by atoms with Gasteiger partial charge in [-0.25, -0.2) is 0 Å². The normalized spacial score (nSPS) is 24.9. The molecular formula is C16H24ClN. The van der Waals surface area contributed by atoms with Gasteiger partial charge in [0.1, 0.15) is 0 Å². The third-order valence-corrected chi connectivity index (χ3v) is 4.42. The first-order valence-corrected chi connectivity index (χ1v) is 7.35. The second-order valence-electron chi connectivity index (χ2n) is 6.57. The van der Waals surface area contributed by atoms with Crippen LogP contribution in [0, 0.1) is 11.3 Å². The largest absolute Gasteiger partial charge is 0.382 e. The Kier molecular flexibility index (Phi) is 4.21. The molecule has 0 atom stereocenters. The molecule has 1 aliphatic carbocycles. The topological polar surface area (TPSA) is 12.0 Å². The number of nitrogens with one attached hydrogen (secondary N) is 1. The maximum atomic E-state index is 5.90. The molecule has 0 aliphatic heterocycles. The molecule has 0 unspecified atom stereocenters. The number of anilines is 1. The van der Waals surface area contributed by atoms with E-state index in [-0.39, 0.29) is 0 Å². The molecule has 2 rings (SSSR count). The number of hydrogen-bond donors (Lipinski definition) is 1. The van der Waals surface area contributed by atoms with Crippen molar-refractivity contribution in [1.29, 1.82) is 0 Å². The van der Waals surface area contributed by atoms with Crippen molar-refractivity contribution in [2.24, 2.45) is 11.3 Å². The van der Waals surface area contributed by atoms with Crippen LogP contribution in [0.4, 0.5) is 5.69 Å². The van der Waals surface area contributed by atoms with Gasteiger partial charge in [0.15, 0.2) is 0 Å². The van der Waals surface area contributed by atoms with E-state index in [4.69, 9.17) is 11.6 Å². The van der Waals surface area contributed by atoms with Crippen LogP contribution >= 0.6 is 11.6 Å². The molecule has 0 aromatic heterocycles. The average Bonchev–Trinajstić information content (AvgIpc) is 2.32. The van der Waals surface area contributed by atoms with E-state index in [0.717, 1.165) is 10.9 Å². The second-order valence-corrected chi connectivity index (χ2v) is 7.00. The summed E-state index contributed by atoms with van der Waals surface area (Å²) < 4.78 is 0. The van der Waals surface area contributed by atoms with Gasteiger partial charge < -0.3 is 5.32 Å². The molecule has 18 heavy (non-hydrogen) atoms. The smallest absolute Gasteiger partial charge is 0.0407 e. The van der Waals surface area contributed by atoms with Crippen LogP contribution < -0.4 is 5.32 Å². The Labute approximate surface area is 116 Å². The number of hydrogen-bond acceptors (Lipinski definition) is 1. The molecular weight excluding hydrogens is 242 g/mol. The Hall–Kier alpha value is -0.690. The van der Waals surface area contributed by atoms with E-state index >= 15 is 0 Å². The van der Waals surface area contributed by atoms with Gasteiger partial charge in [-0.3, -0.25) is 0 Å². The lowest BCUT2D eigenvalue weighted by atomic mass is 9.71. The van der Waals surface area contributed by atoms with Crippen molar-refractivity contribution in [3.05, 3.63) is 29.3 Å². The Bertz CT molecular complexity index is 369. The van der Waals surface area contributed by atoms with E-state index in [1.165, 1.54) is 31.4 Å². The van der Waals surface area contributed by atoms with Crippen molar-refractivity contribution in [3.63, 3.8) is 0 Å². The van der Waals surface area contributed by atoms with Gasteiger partial charge in [0.05, 0.1) is 0 Å².